The highest BCUT2D eigenvalue weighted by Crippen LogP contribution is 2.24. The molecule has 0 amide bonds. The normalized spacial score (nSPS) is 11.1. The van der Waals surface area contributed by atoms with Crippen LogP contribution in [0.3, 0.4) is 0 Å². The van der Waals surface area contributed by atoms with E-state index in [4.69, 9.17) is 11.0 Å². The van der Waals surface area contributed by atoms with E-state index in [2.05, 4.69) is 30.7 Å². The summed E-state index contributed by atoms with van der Waals surface area (Å²) in [4.78, 5) is 0. The molecule has 1 aromatic carbocycles. The molecule has 0 saturated carbocycles. The highest BCUT2D eigenvalue weighted by atomic mass is 15.0. The van der Waals surface area contributed by atoms with E-state index >= 15 is 0 Å². The van der Waals surface area contributed by atoms with Gasteiger partial charge in [-0.3, -0.25) is 0 Å². The maximum Gasteiger partial charge on any atom is 0.0992 e. The maximum absolute atomic E-state index is 9.00. The van der Waals surface area contributed by atoms with Gasteiger partial charge in [0.1, 0.15) is 0 Å². The van der Waals surface area contributed by atoms with Crippen LogP contribution in [0.5, 0.6) is 0 Å². The van der Waals surface area contributed by atoms with Crippen molar-refractivity contribution in [3.05, 3.63) is 35.5 Å². The minimum atomic E-state index is 0.581. The lowest BCUT2D eigenvalue weighted by Gasteiger charge is -2.08. The molecule has 0 atom stereocenters. The van der Waals surface area contributed by atoms with Crippen molar-refractivity contribution in [2.45, 2.75) is 26.8 Å². The molecule has 0 unspecified atom stereocenters. The van der Waals surface area contributed by atoms with Crippen molar-refractivity contribution < 1.29 is 0 Å². The van der Waals surface area contributed by atoms with Gasteiger partial charge in [-0.15, -0.1) is 0 Å². The fourth-order valence-electron chi connectivity index (χ4n) is 2.34. The van der Waals surface area contributed by atoms with Crippen LogP contribution in [-0.4, -0.2) is 11.1 Å². The predicted molar refractivity (Wildman–Crippen MR) is 74.2 cm³/mol. The van der Waals surface area contributed by atoms with Crippen molar-refractivity contribution in [2.75, 3.05) is 6.54 Å². The first-order valence-corrected chi connectivity index (χ1v) is 6.37. The second kappa shape index (κ2) is 5.24. The van der Waals surface area contributed by atoms with E-state index in [1.807, 2.05) is 18.2 Å². The van der Waals surface area contributed by atoms with E-state index in [0.717, 1.165) is 18.5 Å². The molecule has 1 aromatic heterocycles. The number of nitrogens with zero attached hydrogens (tertiary/aromatic N) is 2. The number of benzene rings is 1. The lowest BCUT2D eigenvalue weighted by molar-refractivity contribution is 0.534. The number of fused-ring (bicyclic) bond motifs is 1. The van der Waals surface area contributed by atoms with Crippen molar-refractivity contribution in [3.63, 3.8) is 0 Å². The van der Waals surface area contributed by atoms with Gasteiger partial charge in [-0.25, -0.2) is 0 Å². The van der Waals surface area contributed by atoms with Crippen molar-refractivity contribution in [1.82, 2.24) is 4.57 Å². The van der Waals surface area contributed by atoms with Gasteiger partial charge in [0.2, 0.25) is 0 Å². The summed E-state index contributed by atoms with van der Waals surface area (Å²) in [6.45, 7) is 6.02. The Morgan fingerprint density at radius 2 is 2.17 bits per heavy atom. The SMILES string of the molecule is CC(C)Cn1cc(CCN)c2ccc(C#N)cc21. The summed E-state index contributed by atoms with van der Waals surface area (Å²) in [6, 6.07) is 8.09. The van der Waals surface area contributed by atoms with Gasteiger partial charge in [-0.2, -0.15) is 5.26 Å². The van der Waals surface area contributed by atoms with Crippen LogP contribution in [0.15, 0.2) is 24.4 Å². The fraction of sp³-hybridized carbons (Fsp3) is 0.400. The van der Waals surface area contributed by atoms with Gasteiger partial charge in [0.05, 0.1) is 11.6 Å². The number of hydrogen-bond donors (Lipinski definition) is 1. The number of rotatable bonds is 4. The number of nitriles is 1. The van der Waals surface area contributed by atoms with Crippen LogP contribution in [-0.2, 0) is 13.0 Å². The molecule has 1 heterocycles. The van der Waals surface area contributed by atoms with E-state index in [0.29, 0.717) is 18.0 Å². The van der Waals surface area contributed by atoms with Crippen LogP contribution in [0.1, 0.15) is 25.0 Å². The molecule has 18 heavy (non-hydrogen) atoms. The molecule has 2 aromatic rings. The Labute approximate surface area is 108 Å². The van der Waals surface area contributed by atoms with E-state index in [-0.39, 0.29) is 0 Å². The summed E-state index contributed by atoms with van der Waals surface area (Å²) in [5.41, 5.74) is 8.79. The minimum Gasteiger partial charge on any atom is -0.347 e. The summed E-state index contributed by atoms with van der Waals surface area (Å²) < 4.78 is 2.24. The number of aromatic nitrogens is 1. The Morgan fingerprint density at radius 3 is 2.78 bits per heavy atom. The third kappa shape index (κ3) is 2.39. The first kappa shape index (κ1) is 12.7. The number of hydrogen-bond acceptors (Lipinski definition) is 2. The lowest BCUT2D eigenvalue weighted by Crippen LogP contribution is -2.04. The number of nitrogens with two attached hydrogens (primary N) is 1. The lowest BCUT2D eigenvalue weighted by atomic mass is 10.1. The zero-order valence-corrected chi connectivity index (χ0v) is 11.0. The van der Waals surface area contributed by atoms with Crippen molar-refractivity contribution in [3.8, 4) is 6.07 Å². The van der Waals surface area contributed by atoms with E-state index in [9.17, 15) is 0 Å². The Bertz CT molecular complexity index is 588. The second-order valence-electron chi connectivity index (χ2n) is 5.08. The molecule has 2 N–H and O–H groups in total. The van der Waals surface area contributed by atoms with Gasteiger partial charge < -0.3 is 10.3 Å². The second-order valence-corrected chi connectivity index (χ2v) is 5.08. The van der Waals surface area contributed by atoms with Crippen LogP contribution in [0.4, 0.5) is 0 Å². The molecule has 0 fully saturated rings. The fourth-order valence-corrected chi connectivity index (χ4v) is 2.34. The highest BCUT2D eigenvalue weighted by Gasteiger charge is 2.09. The standard InChI is InChI=1S/C15H19N3/c1-11(2)9-18-10-13(5-6-16)14-4-3-12(8-17)7-15(14)18/h3-4,7,10-11H,5-6,9,16H2,1-2H3. The first-order chi connectivity index (χ1) is 8.65. The van der Waals surface area contributed by atoms with Crippen LogP contribution in [0, 0.1) is 17.2 Å². The zero-order chi connectivity index (χ0) is 13.1. The minimum absolute atomic E-state index is 0.581. The Morgan fingerprint density at radius 1 is 1.39 bits per heavy atom. The average Bonchev–Trinajstić information content (AvgIpc) is 2.67. The van der Waals surface area contributed by atoms with Gasteiger partial charge in [0.15, 0.2) is 0 Å². The molecular formula is C15H19N3. The largest absolute Gasteiger partial charge is 0.347 e. The van der Waals surface area contributed by atoms with E-state index in [1.54, 1.807) is 0 Å². The maximum atomic E-state index is 9.00. The first-order valence-electron chi connectivity index (χ1n) is 6.37. The third-order valence-electron chi connectivity index (χ3n) is 3.07. The molecule has 0 saturated heterocycles. The van der Waals surface area contributed by atoms with Gasteiger partial charge in [0, 0.05) is 23.6 Å². The molecule has 94 valence electrons. The monoisotopic (exact) mass is 241 g/mol. The smallest absolute Gasteiger partial charge is 0.0992 e. The van der Waals surface area contributed by atoms with Gasteiger partial charge >= 0.3 is 0 Å². The Kier molecular flexibility index (Phi) is 3.69. The summed E-state index contributed by atoms with van der Waals surface area (Å²) in [5, 5.41) is 10.2. The average molecular weight is 241 g/mol. The van der Waals surface area contributed by atoms with Crippen molar-refractivity contribution in [1.29, 1.82) is 5.26 Å². The van der Waals surface area contributed by atoms with Crippen LogP contribution >= 0.6 is 0 Å². The molecule has 2 rings (SSSR count). The highest BCUT2D eigenvalue weighted by molar-refractivity contribution is 5.85. The zero-order valence-electron chi connectivity index (χ0n) is 11.0. The third-order valence-corrected chi connectivity index (χ3v) is 3.07. The summed E-state index contributed by atoms with van der Waals surface area (Å²) in [7, 11) is 0. The molecule has 0 spiro atoms. The van der Waals surface area contributed by atoms with Gasteiger partial charge in [-0.05, 0) is 36.6 Å². The Balaban J connectivity index is 2.57. The summed E-state index contributed by atoms with van der Waals surface area (Å²) in [6.07, 6.45) is 3.06. The van der Waals surface area contributed by atoms with Gasteiger partial charge in [0.25, 0.3) is 0 Å². The molecule has 0 aliphatic rings. The van der Waals surface area contributed by atoms with Gasteiger partial charge in [-0.1, -0.05) is 19.9 Å². The molecule has 3 heteroatoms. The van der Waals surface area contributed by atoms with Crippen molar-refractivity contribution in [2.24, 2.45) is 11.7 Å². The summed E-state index contributed by atoms with van der Waals surface area (Å²) in [5.74, 6) is 0.581. The summed E-state index contributed by atoms with van der Waals surface area (Å²) >= 11 is 0. The molecule has 0 aliphatic carbocycles. The van der Waals surface area contributed by atoms with Crippen LogP contribution < -0.4 is 5.73 Å². The molecule has 0 aliphatic heterocycles. The van der Waals surface area contributed by atoms with Crippen LogP contribution in [0.2, 0.25) is 0 Å². The molecule has 0 bridgehead atoms. The van der Waals surface area contributed by atoms with Crippen LogP contribution in [0.25, 0.3) is 10.9 Å². The molecule has 0 radical (unpaired) electrons. The quantitative estimate of drug-likeness (QED) is 0.894. The van der Waals surface area contributed by atoms with E-state index < -0.39 is 0 Å². The van der Waals surface area contributed by atoms with Crippen molar-refractivity contribution >= 4 is 10.9 Å². The Hall–Kier alpha value is -1.79. The molecule has 3 nitrogen and oxygen atoms in total. The molecular weight excluding hydrogens is 222 g/mol. The predicted octanol–water partition coefficient (Wildman–Crippen LogP) is 2.67. The topological polar surface area (TPSA) is 54.7 Å². The van der Waals surface area contributed by atoms with E-state index in [1.165, 1.54) is 10.9 Å².